The molecule has 9 atom stereocenters. The standard InChI is InChI=1S/C105H110N14O12/c1-71(80-35-17-9-18-36-80)110(63-93(106)120)97(124)67-114(75(5)84-43-25-13-26-44-84)101(128)69-116(77(7)86-47-29-15-30-48-86)99(126)65-112(73(3)82-39-21-11-22-40-82)95(122)60-108-58-79-57-89-52-34-53-91-103(89)118(62-79)105(130-91)119-90(56-55-88-51-33-54-92(131-105)104(88)119)59-109-61-96(123)113(74(4)83-41-23-12-24-42-83)66-100(127)117(78(8)87-49-31-16-32-50-87)70-102(129)115(76(6)85-45-27-14-28-46-85)68-98(125)111(64-94(107)121)72(2)81-37-19-10-20-38-81/h9-57,62,71-78,108-109H,58-61,63-70H2,1-8H3,(H2-2,106,107,120,121)/p+2/t71-,72-,73+,74+,75+,76+,77-,78-,105?/m1/s1. The molecule has 14 rings (SSSR count). The lowest BCUT2D eigenvalue weighted by atomic mass is 10.0. The Balaban J connectivity index is 0.718. The van der Waals surface area contributed by atoms with Gasteiger partial charge in [0.25, 0.3) is 11.0 Å². The van der Waals surface area contributed by atoms with Crippen LogP contribution in [-0.4, -0.2) is 164 Å². The monoisotopic (exact) mass is 1760 g/mol. The van der Waals surface area contributed by atoms with Gasteiger partial charge in [0.2, 0.25) is 76.3 Å². The Hall–Kier alpha value is -14.8. The summed E-state index contributed by atoms with van der Waals surface area (Å²) >= 11 is 0. The van der Waals surface area contributed by atoms with Crippen molar-refractivity contribution in [1.82, 2.24) is 49.8 Å². The number of nitrogens with zero attached hydrogens (tertiary/aromatic N) is 10. The maximum Gasteiger partial charge on any atom is 0.715 e. The molecule has 2 aromatic heterocycles. The second kappa shape index (κ2) is 42.0. The molecule has 2 aliphatic rings. The largest absolute Gasteiger partial charge is 0.715 e. The highest BCUT2D eigenvalue weighted by Crippen LogP contribution is 2.41. The number of nitrogens with one attached hydrogen (secondary N) is 2. The third kappa shape index (κ3) is 21.2. The number of carbonyl (C=O) groups is 10. The summed E-state index contributed by atoms with van der Waals surface area (Å²) in [6.45, 7) is 10.5. The molecule has 2 aliphatic heterocycles. The summed E-state index contributed by atoms with van der Waals surface area (Å²) in [6.07, 6.45) is 1.92. The van der Waals surface area contributed by atoms with Crippen LogP contribution < -0.4 is 40.7 Å². The molecule has 0 aliphatic carbocycles. The number of primary amides is 2. The van der Waals surface area contributed by atoms with Crippen LogP contribution in [0, 0.1) is 0 Å². The SMILES string of the molecule is C[C@H](c1ccccc1)N(CC(N)=O)C(=O)CN(C(=O)CN(C(=O)CN(C(=O)CNCc1cc2cccc3c2[n+](c1)C1(O3)Oc2cccc3ccc(CNCC(=O)N(CC(=O)N(CC(=O)N(CC(=O)N(CC(N)=O)[C@H](C)c4ccccc4)[C@@H](C)c4ccccc4)[C@H](C)c4ccccc4)[C@@H](C)c4ccccc4)[n+]1c23)[C@@H](C)c1ccccc1)[C@H](C)c1ccccc1)[C@@H](C)c1ccccc1. The predicted molar refractivity (Wildman–Crippen MR) is 497 cm³/mol. The van der Waals surface area contributed by atoms with E-state index in [1.165, 1.54) is 39.2 Å². The fourth-order valence-corrected chi connectivity index (χ4v) is 17.6. The molecule has 0 fully saturated rings. The van der Waals surface area contributed by atoms with E-state index in [4.69, 9.17) is 20.9 Å². The Bertz CT molecular complexity index is 6070. The number of aromatic nitrogens is 2. The lowest BCUT2D eigenvalue weighted by Crippen LogP contribution is -2.77. The van der Waals surface area contributed by atoms with E-state index >= 15 is 28.8 Å². The zero-order valence-electron chi connectivity index (χ0n) is 75.0. The van der Waals surface area contributed by atoms with Gasteiger partial charge in [0.05, 0.1) is 91.8 Å². The molecule has 0 bridgehead atoms. The van der Waals surface area contributed by atoms with Crippen molar-refractivity contribution in [2.24, 2.45) is 11.5 Å². The van der Waals surface area contributed by atoms with Gasteiger partial charge in [-0.3, -0.25) is 53.3 Å². The first-order chi connectivity index (χ1) is 63.3. The van der Waals surface area contributed by atoms with E-state index in [1.807, 2.05) is 354 Å². The number of amides is 10. The van der Waals surface area contributed by atoms with E-state index in [-0.39, 0.29) is 26.2 Å². The minimum absolute atomic E-state index is 0.0658. The minimum atomic E-state index is -1.73. The van der Waals surface area contributed by atoms with E-state index in [9.17, 15) is 19.2 Å². The molecule has 12 aromatic rings. The Morgan fingerprint density at radius 2 is 0.542 bits per heavy atom. The number of para-hydroxylation sites is 2. The van der Waals surface area contributed by atoms with Gasteiger partial charge >= 0.3 is 6.03 Å². The van der Waals surface area contributed by atoms with Gasteiger partial charge in [-0.1, -0.05) is 255 Å². The second-order valence-electron chi connectivity index (χ2n) is 33.5. The molecule has 4 heterocycles. The van der Waals surface area contributed by atoms with E-state index in [0.717, 1.165) is 55.3 Å². The molecule has 1 unspecified atom stereocenters. The number of fused-ring (bicyclic) bond motifs is 2. The fourth-order valence-electron chi connectivity index (χ4n) is 17.6. The Morgan fingerprint density at radius 1 is 0.290 bits per heavy atom. The molecule has 0 saturated carbocycles. The van der Waals surface area contributed by atoms with E-state index in [0.29, 0.717) is 33.8 Å². The van der Waals surface area contributed by atoms with Gasteiger partial charge < -0.3 is 65.5 Å². The molecule has 6 N–H and O–H groups in total. The van der Waals surface area contributed by atoms with Crippen LogP contribution in [0.3, 0.4) is 0 Å². The molecule has 131 heavy (non-hydrogen) atoms. The molecule has 10 aromatic carbocycles. The number of hydrogen-bond acceptors (Lipinski definition) is 14. The summed E-state index contributed by atoms with van der Waals surface area (Å²) in [5.41, 5.74) is 20.3. The van der Waals surface area contributed by atoms with E-state index in [1.54, 1.807) is 13.8 Å². The first-order valence-corrected chi connectivity index (χ1v) is 44.3. The van der Waals surface area contributed by atoms with Crippen molar-refractivity contribution >= 4 is 80.9 Å². The first kappa shape index (κ1) is 92.4. The summed E-state index contributed by atoms with van der Waals surface area (Å²) in [5, 5.41) is 8.48. The van der Waals surface area contributed by atoms with Gasteiger partial charge in [-0.25, -0.2) is 0 Å². The van der Waals surface area contributed by atoms with Gasteiger partial charge in [-0.05, 0) is 145 Å². The lowest BCUT2D eigenvalue weighted by molar-refractivity contribution is -1.03. The summed E-state index contributed by atoms with van der Waals surface area (Å²) in [6, 6.07) is 84.4. The van der Waals surface area contributed by atoms with Crippen LogP contribution in [0.25, 0.3) is 21.8 Å². The van der Waals surface area contributed by atoms with Crippen LogP contribution in [0.15, 0.2) is 303 Å². The normalized spacial score (nSPS) is 14.7. The van der Waals surface area contributed by atoms with Crippen LogP contribution in [0.4, 0.5) is 0 Å². The second-order valence-corrected chi connectivity index (χ2v) is 33.5. The van der Waals surface area contributed by atoms with Crippen LogP contribution in [0.2, 0.25) is 0 Å². The van der Waals surface area contributed by atoms with E-state index < -0.39 is 166 Å². The highest BCUT2D eigenvalue weighted by Gasteiger charge is 2.70. The number of rotatable bonds is 40. The third-order valence-electron chi connectivity index (χ3n) is 25.2. The third-order valence-corrected chi connectivity index (χ3v) is 25.2. The summed E-state index contributed by atoms with van der Waals surface area (Å²) in [7, 11) is 0. The van der Waals surface area contributed by atoms with Crippen molar-refractivity contribution in [2.75, 3.05) is 65.4 Å². The molecular formula is C105H112N14O12+2. The molecule has 26 heteroatoms. The van der Waals surface area contributed by atoms with E-state index in [2.05, 4.69) is 10.6 Å². The van der Waals surface area contributed by atoms with Crippen LogP contribution >= 0.6 is 0 Å². The first-order valence-electron chi connectivity index (χ1n) is 44.3. The number of hydrogen-bond donors (Lipinski definition) is 4. The van der Waals surface area contributed by atoms with Gasteiger partial charge in [0.15, 0.2) is 6.20 Å². The van der Waals surface area contributed by atoms with Gasteiger partial charge in [0, 0.05) is 18.2 Å². The minimum Gasteiger partial charge on any atom is -0.368 e. The van der Waals surface area contributed by atoms with Crippen molar-refractivity contribution in [3.8, 4) is 11.5 Å². The average molecular weight is 1760 g/mol. The maximum atomic E-state index is 15.8. The summed E-state index contributed by atoms with van der Waals surface area (Å²) < 4.78 is 18.2. The Labute approximate surface area is 763 Å². The predicted octanol–water partition coefficient (Wildman–Crippen LogP) is 12.3. The van der Waals surface area contributed by atoms with Crippen LogP contribution in [0.1, 0.15) is 159 Å². The van der Waals surface area contributed by atoms with Gasteiger partial charge in [-0.2, -0.15) is 0 Å². The molecule has 26 nitrogen and oxygen atoms in total. The van der Waals surface area contributed by atoms with Crippen molar-refractivity contribution < 1.29 is 66.6 Å². The summed E-state index contributed by atoms with van der Waals surface area (Å²) in [5.74, 6) is -4.58. The van der Waals surface area contributed by atoms with Crippen LogP contribution in [-0.2, 0) is 67.1 Å². The number of ether oxygens (including phenoxy) is 2. The summed E-state index contributed by atoms with van der Waals surface area (Å²) in [4.78, 5) is 160. The van der Waals surface area contributed by atoms with Crippen molar-refractivity contribution in [3.05, 3.63) is 359 Å². The number of nitrogens with two attached hydrogens (primary N) is 2. The van der Waals surface area contributed by atoms with Crippen molar-refractivity contribution in [2.45, 2.75) is 123 Å². The molecule has 0 radical (unpaired) electrons. The highest BCUT2D eigenvalue weighted by molar-refractivity contribution is 5.94. The highest BCUT2D eigenvalue weighted by atomic mass is 16.8. The number of carbonyl (C=O) groups excluding carboxylic acids is 10. The fraction of sp³-hybridized carbons (Fsp3) is 0.276. The van der Waals surface area contributed by atoms with Crippen molar-refractivity contribution in [1.29, 1.82) is 0 Å². The molecule has 10 amide bonds. The molecular weight excluding hydrogens is 1650 g/mol. The molecule has 0 saturated heterocycles. The average Bonchev–Trinajstić information content (AvgIpc) is 1.52. The van der Waals surface area contributed by atoms with Crippen molar-refractivity contribution in [3.63, 3.8) is 0 Å². The van der Waals surface area contributed by atoms with Gasteiger partial charge in [-0.15, -0.1) is 0 Å². The molecule has 672 valence electrons. The topological polar surface area (TPSA) is 299 Å². The lowest BCUT2D eigenvalue weighted by Gasteiger charge is -2.37. The maximum absolute atomic E-state index is 15.8. The zero-order chi connectivity index (χ0) is 92.6. The smallest absolute Gasteiger partial charge is 0.368 e. The Morgan fingerprint density at radius 3 is 0.824 bits per heavy atom. The molecule has 1 spiro atoms. The quantitative estimate of drug-likeness (QED) is 0.0260. The zero-order valence-corrected chi connectivity index (χ0v) is 75.0. The van der Waals surface area contributed by atoms with Crippen LogP contribution in [0.5, 0.6) is 11.5 Å². The number of pyridine rings is 2. The van der Waals surface area contributed by atoms with Gasteiger partial charge in [0.1, 0.15) is 39.3 Å². The number of benzene rings is 10. The Kier molecular flexibility index (Phi) is 29.6.